The minimum absolute atomic E-state index is 0.301. The summed E-state index contributed by atoms with van der Waals surface area (Å²) in [5.74, 6) is -0.606. The van der Waals surface area contributed by atoms with Crippen molar-refractivity contribution in [2.75, 3.05) is 0 Å². The zero-order valence-corrected chi connectivity index (χ0v) is 11.0. The third-order valence-electron chi connectivity index (χ3n) is 2.75. The Bertz CT molecular complexity index is 609. The van der Waals surface area contributed by atoms with Gasteiger partial charge in [-0.3, -0.25) is 9.78 Å². The first-order valence-electron chi connectivity index (χ1n) is 6.23. The molecule has 102 valence electrons. The molecular weight excluding hydrogens is 257 g/mol. The van der Waals surface area contributed by atoms with Crippen LogP contribution < -0.4 is 5.43 Å². The number of carbonyl (C=O) groups is 1. The Morgan fingerprint density at radius 1 is 1.15 bits per heavy atom. The van der Waals surface area contributed by atoms with Crippen molar-refractivity contribution in [2.24, 2.45) is 5.10 Å². The fraction of sp³-hybridized carbons (Fsp3) is 0.133. The highest BCUT2D eigenvalue weighted by Crippen LogP contribution is 2.06. The van der Waals surface area contributed by atoms with E-state index in [0.717, 1.165) is 5.56 Å². The van der Waals surface area contributed by atoms with E-state index in [2.05, 4.69) is 15.5 Å². The molecule has 20 heavy (non-hydrogen) atoms. The first-order chi connectivity index (χ1) is 9.70. The van der Waals surface area contributed by atoms with Crippen LogP contribution in [0.3, 0.4) is 0 Å². The summed E-state index contributed by atoms with van der Waals surface area (Å²) in [5.41, 5.74) is 4.44. The molecule has 1 amide bonds. The molecule has 0 aliphatic heterocycles. The number of carbonyl (C=O) groups excluding carboxylic acids is 1. The quantitative estimate of drug-likeness (QED) is 0.686. The number of nitrogens with zero attached hydrogens (tertiary/aromatic N) is 2. The second-order valence-corrected chi connectivity index (χ2v) is 4.10. The van der Waals surface area contributed by atoms with Gasteiger partial charge in [0.05, 0.1) is 5.71 Å². The maximum absolute atomic E-state index is 12.9. The number of pyridine rings is 1. The van der Waals surface area contributed by atoms with Crippen molar-refractivity contribution in [3.05, 3.63) is 65.7 Å². The largest absolute Gasteiger partial charge is 0.271 e. The molecule has 0 atom stereocenters. The van der Waals surface area contributed by atoms with Crippen LogP contribution in [0.5, 0.6) is 0 Å². The summed E-state index contributed by atoms with van der Waals surface area (Å²) in [7, 11) is 0. The van der Waals surface area contributed by atoms with E-state index in [1.54, 1.807) is 36.7 Å². The van der Waals surface area contributed by atoms with Crippen molar-refractivity contribution in [1.29, 1.82) is 0 Å². The molecule has 0 bridgehead atoms. The van der Waals surface area contributed by atoms with Gasteiger partial charge in [-0.05, 0) is 36.2 Å². The number of benzene rings is 1. The van der Waals surface area contributed by atoms with E-state index >= 15 is 0 Å². The molecule has 4 nitrogen and oxygen atoms in total. The summed E-state index contributed by atoms with van der Waals surface area (Å²) in [6.45, 7) is 1.92. The van der Waals surface area contributed by atoms with E-state index < -0.39 is 0 Å². The first kappa shape index (κ1) is 13.9. The predicted octanol–water partition coefficient (Wildman–Crippen LogP) is 2.76. The van der Waals surface area contributed by atoms with Crippen molar-refractivity contribution in [2.45, 2.75) is 13.3 Å². The Morgan fingerprint density at radius 2 is 1.80 bits per heavy atom. The molecule has 0 saturated carbocycles. The van der Waals surface area contributed by atoms with Gasteiger partial charge in [0.15, 0.2) is 0 Å². The Balaban J connectivity index is 2.12. The van der Waals surface area contributed by atoms with E-state index in [1.165, 1.54) is 12.1 Å². The van der Waals surface area contributed by atoms with E-state index in [-0.39, 0.29) is 11.7 Å². The van der Waals surface area contributed by atoms with Gasteiger partial charge in [0.2, 0.25) is 0 Å². The topological polar surface area (TPSA) is 54.4 Å². The zero-order chi connectivity index (χ0) is 14.4. The summed E-state index contributed by atoms with van der Waals surface area (Å²) >= 11 is 0. The van der Waals surface area contributed by atoms with Crippen LogP contribution in [0.1, 0.15) is 29.3 Å². The Morgan fingerprint density at radius 3 is 2.40 bits per heavy atom. The van der Waals surface area contributed by atoms with Crippen LogP contribution in [0.2, 0.25) is 0 Å². The maximum Gasteiger partial charge on any atom is 0.271 e. The van der Waals surface area contributed by atoms with Gasteiger partial charge in [-0.2, -0.15) is 5.10 Å². The molecule has 1 N–H and O–H groups in total. The molecule has 1 aromatic heterocycles. The van der Waals surface area contributed by atoms with Crippen LogP contribution in [0.4, 0.5) is 4.39 Å². The van der Waals surface area contributed by atoms with Crippen LogP contribution in [-0.4, -0.2) is 16.6 Å². The molecule has 0 radical (unpaired) electrons. The van der Waals surface area contributed by atoms with Gasteiger partial charge in [0, 0.05) is 18.0 Å². The fourth-order valence-electron chi connectivity index (χ4n) is 1.68. The van der Waals surface area contributed by atoms with E-state index in [4.69, 9.17) is 0 Å². The third kappa shape index (κ3) is 3.47. The third-order valence-corrected chi connectivity index (χ3v) is 2.75. The Kier molecular flexibility index (Phi) is 4.55. The van der Waals surface area contributed by atoms with Crippen LogP contribution >= 0.6 is 0 Å². The minimum Gasteiger partial charge on any atom is -0.267 e. The molecule has 1 aromatic carbocycles. The zero-order valence-electron chi connectivity index (χ0n) is 11.0. The number of aromatic nitrogens is 1. The van der Waals surface area contributed by atoms with E-state index in [1.807, 2.05) is 6.92 Å². The highest BCUT2D eigenvalue weighted by atomic mass is 19.1. The smallest absolute Gasteiger partial charge is 0.267 e. The molecule has 0 fully saturated rings. The lowest BCUT2D eigenvalue weighted by molar-refractivity contribution is 0.0954. The molecule has 0 spiro atoms. The number of hydrazone groups is 1. The van der Waals surface area contributed by atoms with Gasteiger partial charge < -0.3 is 0 Å². The van der Waals surface area contributed by atoms with Crippen molar-refractivity contribution in [1.82, 2.24) is 10.4 Å². The maximum atomic E-state index is 12.9. The van der Waals surface area contributed by atoms with E-state index in [9.17, 15) is 9.18 Å². The number of nitrogens with one attached hydrogen (secondary N) is 1. The highest BCUT2D eigenvalue weighted by molar-refractivity contribution is 6.02. The van der Waals surface area contributed by atoms with Gasteiger partial charge in [-0.1, -0.05) is 19.1 Å². The summed E-state index contributed by atoms with van der Waals surface area (Å²) in [4.78, 5) is 15.7. The Hall–Kier alpha value is -2.56. The van der Waals surface area contributed by atoms with Crippen LogP contribution in [0, 0.1) is 5.82 Å². The molecule has 0 aliphatic rings. The van der Waals surface area contributed by atoms with Gasteiger partial charge >= 0.3 is 0 Å². The van der Waals surface area contributed by atoms with Crippen LogP contribution in [-0.2, 0) is 0 Å². The van der Waals surface area contributed by atoms with Crippen LogP contribution in [0.25, 0.3) is 0 Å². The second kappa shape index (κ2) is 6.56. The summed E-state index contributed by atoms with van der Waals surface area (Å²) in [6.07, 6.45) is 3.71. The van der Waals surface area contributed by atoms with Crippen molar-refractivity contribution in [3.8, 4) is 0 Å². The van der Waals surface area contributed by atoms with Crippen molar-refractivity contribution < 1.29 is 9.18 Å². The lowest BCUT2D eigenvalue weighted by atomic mass is 10.1. The lowest BCUT2D eigenvalue weighted by Crippen LogP contribution is -2.20. The summed E-state index contributed by atoms with van der Waals surface area (Å²) in [6, 6.07) is 9.21. The number of hydrogen-bond acceptors (Lipinski definition) is 3. The predicted molar refractivity (Wildman–Crippen MR) is 74.9 cm³/mol. The molecular formula is C15H14FN3O. The van der Waals surface area contributed by atoms with Gasteiger partial charge in [-0.25, -0.2) is 9.82 Å². The first-order valence-corrected chi connectivity index (χ1v) is 6.23. The van der Waals surface area contributed by atoms with Gasteiger partial charge in [0.25, 0.3) is 5.91 Å². The monoisotopic (exact) mass is 271 g/mol. The Labute approximate surface area is 116 Å². The number of amides is 1. The molecule has 5 heteroatoms. The van der Waals surface area contributed by atoms with Crippen molar-refractivity contribution in [3.63, 3.8) is 0 Å². The summed E-state index contributed by atoms with van der Waals surface area (Å²) < 4.78 is 12.9. The average Bonchev–Trinajstić information content (AvgIpc) is 2.50. The lowest BCUT2D eigenvalue weighted by Gasteiger charge is -2.05. The standard InChI is InChI=1S/C15H14FN3O/c1-2-14(11-3-5-13(16)6-4-11)18-19-15(20)12-7-9-17-10-8-12/h3-10H,2H2,1H3,(H,19,20). The molecule has 0 aliphatic carbocycles. The normalized spacial score (nSPS) is 11.2. The minimum atomic E-state index is -0.305. The van der Waals surface area contributed by atoms with Crippen LogP contribution in [0.15, 0.2) is 53.9 Å². The van der Waals surface area contributed by atoms with Gasteiger partial charge in [0.1, 0.15) is 5.82 Å². The number of halogens is 1. The average molecular weight is 271 g/mol. The fourth-order valence-corrected chi connectivity index (χ4v) is 1.68. The van der Waals surface area contributed by atoms with Gasteiger partial charge in [-0.15, -0.1) is 0 Å². The number of hydrogen-bond donors (Lipinski definition) is 1. The highest BCUT2D eigenvalue weighted by Gasteiger charge is 2.05. The molecule has 0 unspecified atom stereocenters. The SMILES string of the molecule is CCC(=NNC(=O)c1ccncc1)c1ccc(F)cc1. The number of rotatable bonds is 4. The summed E-state index contributed by atoms with van der Waals surface area (Å²) in [5, 5.41) is 4.09. The molecule has 2 rings (SSSR count). The molecule has 1 heterocycles. The second-order valence-electron chi connectivity index (χ2n) is 4.10. The van der Waals surface area contributed by atoms with Crippen molar-refractivity contribution >= 4 is 11.6 Å². The van der Waals surface area contributed by atoms with E-state index in [0.29, 0.717) is 17.7 Å². The molecule has 0 saturated heterocycles. The molecule has 2 aromatic rings.